The van der Waals surface area contributed by atoms with E-state index in [0.717, 1.165) is 24.3 Å². The molecule has 1 aliphatic heterocycles. The van der Waals surface area contributed by atoms with E-state index in [1.165, 1.54) is 5.56 Å². The molecule has 0 saturated carbocycles. The minimum absolute atomic E-state index is 0.0529. The van der Waals surface area contributed by atoms with Crippen molar-refractivity contribution in [1.82, 2.24) is 0 Å². The maximum absolute atomic E-state index is 6.33. The normalized spacial score (nSPS) is 25.9. The molecule has 3 atom stereocenters. The minimum Gasteiger partial charge on any atom is -0.496 e. The van der Waals surface area contributed by atoms with Gasteiger partial charge in [-0.1, -0.05) is 12.1 Å². The number of rotatable bonds is 3. The van der Waals surface area contributed by atoms with Gasteiger partial charge in [0.2, 0.25) is 0 Å². The molecule has 1 fully saturated rings. The van der Waals surface area contributed by atoms with Crippen molar-refractivity contribution < 1.29 is 9.47 Å². The highest BCUT2D eigenvalue weighted by Crippen LogP contribution is 2.33. The summed E-state index contributed by atoms with van der Waals surface area (Å²) in [5.74, 6) is 1.33. The quantitative estimate of drug-likeness (QED) is 0.875. The van der Waals surface area contributed by atoms with E-state index in [9.17, 15) is 0 Å². The second-order valence-corrected chi connectivity index (χ2v) is 4.78. The number of benzene rings is 1. The van der Waals surface area contributed by atoms with Gasteiger partial charge in [-0.15, -0.1) is 0 Å². The number of hydrogen-bond acceptors (Lipinski definition) is 3. The molecular weight excluding hydrogens is 214 g/mol. The van der Waals surface area contributed by atoms with Gasteiger partial charge in [0.05, 0.1) is 13.2 Å². The zero-order valence-electron chi connectivity index (χ0n) is 10.8. The van der Waals surface area contributed by atoms with Gasteiger partial charge in [0.25, 0.3) is 0 Å². The van der Waals surface area contributed by atoms with Crippen LogP contribution in [-0.4, -0.2) is 19.8 Å². The van der Waals surface area contributed by atoms with Crippen molar-refractivity contribution in [3.05, 3.63) is 29.3 Å². The molecule has 1 heterocycles. The largest absolute Gasteiger partial charge is 0.496 e. The molecule has 1 saturated heterocycles. The van der Waals surface area contributed by atoms with Gasteiger partial charge in [-0.2, -0.15) is 0 Å². The molecule has 3 nitrogen and oxygen atoms in total. The fourth-order valence-corrected chi connectivity index (χ4v) is 2.58. The van der Waals surface area contributed by atoms with Crippen LogP contribution in [0.4, 0.5) is 0 Å². The molecule has 0 aliphatic carbocycles. The van der Waals surface area contributed by atoms with Crippen molar-refractivity contribution in [2.75, 3.05) is 13.7 Å². The fraction of sp³-hybridized carbons (Fsp3) is 0.571. The van der Waals surface area contributed by atoms with Crippen molar-refractivity contribution in [2.24, 2.45) is 11.7 Å². The molecule has 3 heteroatoms. The second-order valence-electron chi connectivity index (χ2n) is 4.78. The molecule has 17 heavy (non-hydrogen) atoms. The maximum atomic E-state index is 6.33. The Kier molecular flexibility index (Phi) is 3.69. The third-order valence-corrected chi connectivity index (χ3v) is 3.70. The third-order valence-electron chi connectivity index (χ3n) is 3.70. The SMILES string of the molecule is COc1ccc(C(N)C2CCOC2C)cc1C. The summed E-state index contributed by atoms with van der Waals surface area (Å²) in [5.41, 5.74) is 8.63. The van der Waals surface area contributed by atoms with Gasteiger partial charge in [0, 0.05) is 18.6 Å². The number of aryl methyl sites for hydroxylation is 1. The van der Waals surface area contributed by atoms with E-state index in [1.807, 2.05) is 13.0 Å². The Hall–Kier alpha value is -1.06. The Balaban J connectivity index is 2.19. The Bertz CT molecular complexity index is 392. The average Bonchev–Trinajstić information content (AvgIpc) is 2.74. The van der Waals surface area contributed by atoms with Crippen LogP contribution in [0, 0.1) is 12.8 Å². The Morgan fingerprint density at radius 2 is 2.24 bits per heavy atom. The summed E-state index contributed by atoms with van der Waals surface area (Å²) in [6.45, 7) is 4.98. The summed E-state index contributed by atoms with van der Waals surface area (Å²) in [6, 6.07) is 6.22. The molecule has 1 aromatic rings. The summed E-state index contributed by atoms with van der Waals surface area (Å²) in [6.07, 6.45) is 1.31. The predicted octanol–water partition coefficient (Wildman–Crippen LogP) is 2.43. The van der Waals surface area contributed by atoms with E-state index < -0.39 is 0 Å². The number of hydrogen-bond donors (Lipinski definition) is 1. The van der Waals surface area contributed by atoms with E-state index in [2.05, 4.69) is 19.1 Å². The highest BCUT2D eigenvalue weighted by Gasteiger charge is 2.30. The van der Waals surface area contributed by atoms with Gasteiger partial charge in [-0.3, -0.25) is 0 Å². The van der Waals surface area contributed by atoms with Crippen LogP contribution in [-0.2, 0) is 4.74 Å². The van der Waals surface area contributed by atoms with Crippen molar-refractivity contribution >= 4 is 0 Å². The predicted molar refractivity (Wildman–Crippen MR) is 68.2 cm³/mol. The first-order chi connectivity index (χ1) is 8.13. The molecule has 94 valence electrons. The zero-order chi connectivity index (χ0) is 12.4. The molecule has 3 unspecified atom stereocenters. The molecule has 0 amide bonds. The van der Waals surface area contributed by atoms with Gasteiger partial charge < -0.3 is 15.2 Å². The van der Waals surface area contributed by atoms with Crippen LogP contribution in [0.3, 0.4) is 0 Å². The van der Waals surface area contributed by atoms with Crippen molar-refractivity contribution in [2.45, 2.75) is 32.4 Å². The van der Waals surface area contributed by atoms with Gasteiger partial charge in [0.1, 0.15) is 5.75 Å². The summed E-state index contributed by atoms with van der Waals surface area (Å²) in [5, 5.41) is 0. The first-order valence-electron chi connectivity index (χ1n) is 6.15. The summed E-state index contributed by atoms with van der Waals surface area (Å²) in [7, 11) is 1.69. The average molecular weight is 235 g/mol. The van der Waals surface area contributed by atoms with E-state index in [1.54, 1.807) is 7.11 Å². The third kappa shape index (κ3) is 2.45. The minimum atomic E-state index is 0.0529. The van der Waals surface area contributed by atoms with Crippen LogP contribution in [0.2, 0.25) is 0 Å². The van der Waals surface area contributed by atoms with E-state index >= 15 is 0 Å². The summed E-state index contributed by atoms with van der Waals surface area (Å²) in [4.78, 5) is 0. The second kappa shape index (κ2) is 5.07. The maximum Gasteiger partial charge on any atom is 0.121 e. The Labute approximate surface area is 103 Å². The van der Waals surface area contributed by atoms with Crippen LogP contribution in [0.25, 0.3) is 0 Å². The molecule has 0 spiro atoms. The van der Waals surface area contributed by atoms with E-state index in [4.69, 9.17) is 15.2 Å². The molecule has 2 N–H and O–H groups in total. The number of ether oxygens (including phenoxy) is 2. The van der Waals surface area contributed by atoms with Crippen LogP contribution in [0.15, 0.2) is 18.2 Å². The van der Waals surface area contributed by atoms with Crippen LogP contribution < -0.4 is 10.5 Å². The lowest BCUT2D eigenvalue weighted by Gasteiger charge is -2.23. The lowest BCUT2D eigenvalue weighted by atomic mass is 9.88. The van der Waals surface area contributed by atoms with Crippen LogP contribution in [0.1, 0.15) is 30.5 Å². The Morgan fingerprint density at radius 3 is 2.76 bits per heavy atom. The molecule has 2 rings (SSSR count). The number of nitrogens with two attached hydrogens (primary N) is 1. The highest BCUT2D eigenvalue weighted by atomic mass is 16.5. The van der Waals surface area contributed by atoms with E-state index in [0.29, 0.717) is 5.92 Å². The van der Waals surface area contributed by atoms with Crippen LogP contribution in [0.5, 0.6) is 5.75 Å². The monoisotopic (exact) mass is 235 g/mol. The van der Waals surface area contributed by atoms with Crippen molar-refractivity contribution in [1.29, 1.82) is 0 Å². The molecule has 0 bridgehead atoms. The topological polar surface area (TPSA) is 44.5 Å². The first kappa shape index (κ1) is 12.4. The molecule has 1 aliphatic rings. The van der Waals surface area contributed by atoms with Crippen molar-refractivity contribution in [3.63, 3.8) is 0 Å². The van der Waals surface area contributed by atoms with Gasteiger partial charge >= 0.3 is 0 Å². The standard InChI is InChI=1S/C14H21NO2/c1-9-8-11(4-5-13(9)16-3)14(15)12-6-7-17-10(12)2/h4-5,8,10,12,14H,6-7,15H2,1-3H3. The number of methoxy groups -OCH3 is 1. The summed E-state index contributed by atoms with van der Waals surface area (Å²) < 4.78 is 10.8. The smallest absolute Gasteiger partial charge is 0.121 e. The van der Waals surface area contributed by atoms with Gasteiger partial charge in [0.15, 0.2) is 0 Å². The fourth-order valence-electron chi connectivity index (χ4n) is 2.58. The van der Waals surface area contributed by atoms with Gasteiger partial charge in [-0.05, 0) is 37.5 Å². The van der Waals surface area contributed by atoms with Gasteiger partial charge in [-0.25, -0.2) is 0 Å². The Morgan fingerprint density at radius 1 is 1.47 bits per heavy atom. The van der Waals surface area contributed by atoms with Crippen LogP contribution >= 0.6 is 0 Å². The lowest BCUT2D eigenvalue weighted by molar-refractivity contribution is 0.0995. The molecule has 0 aromatic heterocycles. The first-order valence-corrected chi connectivity index (χ1v) is 6.15. The molecule has 0 radical (unpaired) electrons. The zero-order valence-corrected chi connectivity index (χ0v) is 10.8. The molecule has 1 aromatic carbocycles. The van der Waals surface area contributed by atoms with Crippen molar-refractivity contribution in [3.8, 4) is 5.75 Å². The summed E-state index contributed by atoms with van der Waals surface area (Å²) >= 11 is 0. The van der Waals surface area contributed by atoms with E-state index in [-0.39, 0.29) is 12.1 Å². The lowest BCUT2D eigenvalue weighted by Crippen LogP contribution is -2.26. The molecular formula is C14H21NO2. The highest BCUT2D eigenvalue weighted by molar-refractivity contribution is 5.37.